The highest BCUT2D eigenvalue weighted by Crippen LogP contribution is 2.45. The zero-order chi connectivity index (χ0) is 21.0. The molecule has 1 aliphatic heterocycles. The topological polar surface area (TPSA) is 21.7 Å². The Balaban J connectivity index is 1.18. The maximum Gasteiger partial charge on any atom is 0.118 e. The van der Waals surface area contributed by atoms with Gasteiger partial charge in [-0.2, -0.15) is 0 Å². The minimum atomic E-state index is 0.0640. The van der Waals surface area contributed by atoms with Crippen molar-refractivity contribution in [2.75, 3.05) is 26.8 Å². The lowest BCUT2D eigenvalue weighted by Gasteiger charge is -2.26. The third kappa shape index (κ3) is 4.26. The number of ether oxygens (including phenoxy) is 2. The molecule has 0 bridgehead atoms. The van der Waals surface area contributed by atoms with E-state index in [0.29, 0.717) is 6.04 Å². The molecule has 3 nitrogen and oxygen atoms in total. The minimum absolute atomic E-state index is 0.0640. The third-order valence-electron chi connectivity index (χ3n) is 6.80. The van der Waals surface area contributed by atoms with Crippen LogP contribution in [0.3, 0.4) is 0 Å². The van der Waals surface area contributed by atoms with Gasteiger partial charge in [-0.05, 0) is 78.7 Å². The van der Waals surface area contributed by atoms with E-state index < -0.39 is 0 Å². The van der Waals surface area contributed by atoms with E-state index in [2.05, 4.69) is 77.7 Å². The summed E-state index contributed by atoms with van der Waals surface area (Å²) in [5.74, 6) is 0.926. The van der Waals surface area contributed by atoms with Gasteiger partial charge in [-0.15, -0.1) is 0 Å². The first-order valence-electron chi connectivity index (χ1n) is 11.5. The van der Waals surface area contributed by atoms with E-state index >= 15 is 0 Å². The van der Waals surface area contributed by atoms with Crippen molar-refractivity contribution in [3.05, 3.63) is 89.5 Å². The van der Waals surface area contributed by atoms with Crippen LogP contribution in [0.25, 0.3) is 11.1 Å². The molecule has 3 heteroatoms. The van der Waals surface area contributed by atoms with Gasteiger partial charge in [0.05, 0.1) is 13.7 Å². The van der Waals surface area contributed by atoms with Gasteiger partial charge in [-0.3, -0.25) is 4.90 Å². The molecule has 0 saturated carbocycles. The van der Waals surface area contributed by atoms with E-state index in [1.165, 1.54) is 53.6 Å². The van der Waals surface area contributed by atoms with E-state index in [1.807, 2.05) is 0 Å². The molecule has 0 N–H and O–H groups in total. The summed E-state index contributed by atoms with van der Waals surface area (Å²) in [5.41, 5.74) is 6.66. The molecule has 1 aliphatic carbocycles. The van der Waals surface area contributed by atoms with Crippen molar-refractivity contribution in [3.63, 3.8) is 0 Å². The van der Waals surface area contributed by atoms with Gasteiger partial charge in [-0.25, -0.2) is 0 Å². The molecule has 0 amide bonds. The van der Waals surface area contributed by atoms with Crippen LogP contribution >= 0.6 is 0 Å². The average Bonchev–Trinajstić information content (AvgIpc) is 3.40. The molecule has 31 heavy (non-hydrogen) atoms. The summed E-state index contributed by atoms with van der Waals surface area (Å²) < 4.78 is 11.9. The highest BCUT2D eigenvalue weighted by molar-refractivity contribution is 5.78. The minimum Gasteiger partial charge on any atom is -0.497 e. The maximum atomic E-state index is 6.60. The zero-order valence-electron chi connectivity index (χ0n) is 18.3. The first-order valence-corrected chi connectivity index (χ1v) is 11.5. The Bertz CT molecular complexity index is 968. The molecule has 5 rings (SSSR count). The quantitative estimate of drug-likeness (QED) is 0.460. The normalized spacial score (nSPS) is 18.2. The Labute approximate surface area is 185 Å². The van der Waals surface area contributed by atoms with Gasteiger partial charge in [0.2, 0.25) is 0 Å². The lowest BCUT2D eigenvalue weighted by atomic mass is 10.1. The molecule has 1 saturated heterocycles. The molecule has 0 radical (unpaired) electrons. The average molecular weight is 414 g/mol. The summed E-state index contributed by atoms with van der Waals surface area (Å²) >= 11 is 0. The van der Waals surface area contributed by atoms with Crippen LogP contribution in [0, 0.1) is 0 Å². The van der Waals surface area contributed by atoms with Gasteiger partial charge in [-0.1, -0.05) is 60.7 Å². The smallest absolute Gasteiger partial charge is 0.118 e. The third-order valence-corrected chi connectivity index (χ3v) is 6.80. The molecule has 0 aromatic heterocycles. The standard InChI is InChI=1S/C28H31NO2/c1-30-23-16-14-21(15-17-23)8-6-18-29-19-7-9-22(29)20-31-28-26-12-4-2-10-24(26)25-11-3-5-13-27(25)28/h2-5,10-17,22,28H,6-9,18-20H2,1H3/t22-/m0/s1. The number of hydrogen-bond acceptors (Lipinski definition) is 3. The molecule has 3 aromatic carbocycles. The molecule has 0 spiro atoms. The lowest BCUT2D eigenvalue weighted by Crippen LogP contribution is -2.34. The fourth-order valence-electron chi connectivity index (χ4n) is 5.15. The van der Waals surface area contributed by atoms with Crippen LogP contribution in [0.4, 0.5) is 0 Å². The molecule has 1 atom stereocenters. The van der Waals surface area contributed by atoms with Crippen molar-refractivity contribution in [2.45, 2.75) is 37.8 Å². The molecule has 1 fully saturated rings. The molecule has 0 unspecified atom stereocenters. The summed E-state index contributed by atoms with van der Waals surface area (Å²) in [7, 11) is 1.72. The van der Waals surface area contributed by atoms with Crippen LogP contribution in [-0.4, -0.2) is 37.7 Å². The van der Waals surface area contributed by atoms with E-state index in [4.69, 9.17) is 9.47 Å². The van der Waals surface area contributed by atoms with Gasteiger partial charge in [0.1, 0.15) is 11.9 Å². The second-order valence-corrected chi connectivity index (χ2v) is 8.67. The summed E-state index contributed by atoms with van der Waals surface area (Å²) in [6.07, 6.45) is 4.86. The van der Waals surface area contributed by atoms with E-state index in [0.717, 1.165) is 25.3 Å². The van der Waals surface area contributed by atoms with Crippen molar-refractivity contribution < 1.29 is 9.47 Å². The summed E-state index contributed by atoms with van der Waals surface area (Å²) in [6.45, 7) is 3.13. The van der Waals surface area contributed by atoms with Crippen LogP contribution in [0.1, 0.15) is 42.1 Å². The molecule has 3 aromatic rings. The fourth-order valence-corrected chi connectivity index (χ4v) is 5.15. The predicted octanol–water partition coefficient (Wildman–Crippen LogP) is 5.88. The van der Waals surface area contributed by atoms with E-state index in [-0.39, 0.29) is 6.10 Å². The molecule has 1 heterocycles. The van der Waals surface area contributed by atoms with Crippen molar-refractivity contribution in [3.8, 4) is 16.9 Å². The lowest BCUT2D eigenvalue weighted by molar-refractivity contribution is 0.0397. The van der Waals surface area contributed by atoms with Gasteiger partial charge < -0.3 is 9.47 Å². The van der Waals surface area contributed by atoms with Crippen molar-refractivity contribution in [1.29, 1.82) is 0 Å². The van der Waals surface area contributed by atoms with Crippen molar-refractivity contribution in [1.82, 2.24) is 4.90 Å². The highest BCUT2D eigenvalue weighted by atomic mass is 16.5. The Morgan fingerprint density at radius 3 is 2.23 bits per heavy atom. The second kappa shape index (κ2) is 9.25. The first kappa shape index (κ1) is 20.3. The number of aryl methyl sites for hydroxylation is 1. The summed E-state index contributed by atoms with van der Waals surface area (Å²) in [6, 6.07) is 26.4. The monoisotopic (exact) mass is 413 g/mol. The van der Waals surface area contributed by atoms with Crippen LogP contribution in [-0.2, 0) is 11.2 Å². The Morgan fingerprint density at radius 2 is 1.55 bits per heavy atom. The Kier molecular flexibility index (Phi) is 6.06. The maximum absolute atomic E-state index is 6.60. The van der Waals surface area contributed by atoms with Crippen LogP contribution < -0.4 is 4.74 Å². The van der Waals surface area contributed by atoms with Gasteiger partial charge in [0.25, 0.3) is 0 Å². The summed E-state index contributed by atoms with van der Waals surface area (Å²) in [5, 5.41) is 0. The Morgan fingerprint density at radius 1 is 0.871 bits per heavy atom. The number of fused-ring (bicyclic) bond motifs is 3. The SMILES string of the molecule is COc1ccc(CCCN2CCC[C@H]2COC2c3ccccc3-c3ccccc32)cc1. The highest BCUT2D eigenvalue weighted by Gasteiger charge is 2.31. The number of methoxy groups -OCH3 is 1. The van der Waals surface area contributed by atoms with Gasteiger partial charge in [0.15, 0.2) is 0 Å². The van der Waals surface area contributed by atoms with Gasteiger partial charge in [0, 0.05) is 6.04 Å². The second-order valence-electron chi connectivity index (χ2n) is 8.67. The predicted molar refractivity (Wildman–Crippen MR) is 126 cm³/mol. The van der Waals surface area contributed by atoms with Crippen LogP contribution in [0.2, 0.25) is 0 Å². The van der Waals surface area contributed by atoms with Crippen molar-refractivity contribution >= 4 is 0 Å². The first-order chi connectivity index (χ1) is 15.3. The largest absolute Gasteiger partial charge is 0.497 e. The number of nitrogens with zero attached hydrogens (tertiary/aromatic N) is 1. The zero-order valence-corrected chi connectivity index (χ0v) is 18.3. The van der Waals surface area contributed by atoms with Crippen molar-refractivity contribution in [2.24, 2.45) is 0 Å². The fraction of sp³-hybridized carbons (Fsp3) is 0.357. The molecule has 2 aliphatic rings. The van der Waals surface area contributed by atoms with Gasteiger partial charge >= 0.3 is 0 Å². The number of benzene rings is 3. The number of rotatable bonds is 8. The number of hydrogen-bond donors (Lipinski definition) is 0. The van der Waals surface area contributed by atoms with E-state index in [9.17, 15) is 0 Å². The molecular formula is C28H31NO2. The summed E-state index contributed by atoms with van der Waals surface area (Å²) in [4.78, 5) is 2.64. The van der Waals surface area contributed by atoms with Crippen LogP contribution in [0.5, 0.6) is 5.75 Å². The van der Waals surface area contributed by atoms with E-state index in [1.54, 1.807) is 7.11 Å². The molecule has 160 valence electrons. The Hall–Kier alpha value is -2.62. The number of likely N-dealkylation sites (tertiary alicyclic amines) is 1. The van der Waals surface area contributed by atoms with Crippen LogP contribution in [0.15, 0.2) is 72.8 Å². The molecular weight excluding hydrogens is 382 g/mol.